The van der Waals surface area contributed by atoms with Crippen molar-refractivity contribution >= 4 is 35.7 Å². The summed E-state index contributed by atoms with van der Waals surface area (Å²) in [5, 5.41) is 13.0. The van der Waals surface area contributed by atoms with Gasteiger partial charge in [-0.2, -0.15) is 0 Å². The minimum absolute atomic E-state index is 0.0658. The second kappa shape index (κ2) is 13.9. The number of hydrogen-bond donors (Lipinski definition) is 3. The molecule has 0 fully saturated rings. The van der Waals surface area contributed by atoms with Gasteiger partial charge in [-0.3, -0.25) is 9.59 Å². The molecule has 2 amide bonds. The van der Waals surface area contributed by atoms with Gasteiger partial charge in [0.25, 0.3) is 0 Å². The van der Waals surface area contributed by atoms with Crippen molar-refractivity contribution in [1.29, 1.82) is 0 Å². The van der Waals surface area contributed by atoms with Crippen molar-refractivity contribution in [1.82, 2.24) is 10.6 Å². The van der Waals surface area contributed by atoms with E-state index in [1.165, 1.54) is 0 Å². The molecule has 0 aliphatic rings. The molecule has 1 atom stereocenters. The van der Waals surface area contributed by atoms with Crippen LogP contribution in [0, 0.1) is 0 Å². The number of nitrogens with one attached hydrogen (secondary N) is 2. The van der Waals surface area contributed by atoms with Crippen LogP contribution in [0.5, 0.6) is 0 Å². The average Bonchev–Trinajstić information content (AvgIpc) is 2.42. The molecule has 0 aliphatic heterocycles. The number of carbonyl (C=O) groups is 4. The summed E-state index contributed by atoms with van der Waals surface area (Å²) in [6.45, 7) is 12.3. The summed E-state index contributed by atoms with van der Waals surface area (Å²) in [4.78, 5) is 43.2. The SMILES string of the molecule is CC(C)(C)OC(=O)NCCC(=O)O.CC(Cl)OC(=O)CCNC(=O)OC(C)(C)C. The largest absolute Gasteiger partial charge is 0.481 e. The van der Waals surface area contributed by atoms with Gasteiger partial charge in [0.1, 0.15) is 11.2 Å². The van der Waals surface area contributed by atoms with Gasteiger partial charge >= 0.3 is 24.1 Å². The lowest BCUT2D eigenvalue weighted by Crippen LogP contribution is -2.33. The number of hydrogen-bond acceptors (Lipinski definition) is 7. The highest BCUT2D eigenvalue weighted by atomic mass is 35.5. The van der Waals surface area contributed by atoms with Crippen LogP contribution in [-0.4, -0.2) is 59.1 Å². The van der Waals surface area contributed by atoms with Gasteiger partial charge in [-0.1, -0.05) is 11.6 Å². The third-order valence-electron chi connectivity index (χ3n) is 2.30. The van der Waals surface area contributed by atoms with Crippen LogP contribution >= 0.6 is 11.6 Å². The second-order valence-electron chi connectivity index (χ2n) is 7.78. The summed E-state index contributed by atoms with van der Waals surface area (Å²) >= 11 is 5.45. The van der Waals surface area contributed by atoms with Gasteiger partial charge in [0.2, 0.25) is 0 Å². The van der Waals surface area contributed by atoms with Crippen molar-refractivity contribution in [3.8, 4) is 0 Å². The van der Waals surface area contributed by atoms with E-state index in [0.717, 1.165) is 0 Å². The van der Waals surface area contributed by atoms with E-state index in [4.69, 9.17) is 26.2 Å². The average molecular weight is 441 g/mol. The minimum Gasteiger partial charge on any atom is -0.481 e. The Balaban J connectivity index is 0. The summed E-state index contributed by atoms with van der Waals surface area (Å²) in [6, 6.07) is 0. The minimum atomic E-state index is -0.948. The van der Waals surface area contributed by atoms with Crippen molar-refractivity contribution in [3.05, 3.63) is 0 Å². The lowest BCUT2D eigenvalue weighted by molar-refractivity contribution is -0.144. The number of halogens is 1. The third-order valence-corrected chi connectivity index (χ3v) is 2.39. The van der Waals surface area contributed by atoms with E-state index in [9.17, 15) is 19.2 Å². The molecule has 0 saturated carbocycles. The van der Waals surface area contributed by atoms with Crippen molar-refractivity contribution < 1.29 is 38.5 Å². The molecule has 0 aromatic rings. The Hall–Kier alpha value is -2.23. The number of aliphatic carboxylic acids is 1. The molecule has 0 bridgehead atoms. The number of alkyl carbamates (subject to hydrolysis) is 2. The predicted octanol–water partition coefficient (Wildman–Crippen LogP) is 3.02. The van der Waals surface area contributed by atoms with Crippen molar-refractivity contribution in [3.63, 3.8) is 0 Å². The highest BCUT2D eigenvalue weighted by Crippen LogP contribution is 2.07. The number of alkyl halides is 1. The van der Waals surface area contributed by atoms with E-state index < -0.39 is 40.9 Å². The molecule has 0 aliphatic carbocycles. The molecule has 11 heteroatoms. The maximum Gasteiger partial charge on any atom is 0.407 e. The fourth-order valence-electron chi connectivity index (χ4n) is 1.41. The number of carboxylic acid groups (broad SMARTS) is 1. The smallest absolute Gasteiger partial charge is 0.407 e. The fourth-order valence-corrected chi connectivity index (χ4v) is 1.51. The van der Waals surface area contributed by atoms with Crippen LogP contribution in [0.2, 0.25) is 0 Å². The van der Waals surface area contributed by atoms with E-state index in [2.05, 4.69) is 15.4 Å². The van der Waals surface area contributed by atoms with Crippen LogP contribution < -0.4 is 10.6 Å². The monoisotopic (exact) mass is 440 g/mol. The topological polar surface area (TPSA) is 140 Å². The molecular weight excluding hydrogens is 408 g/mol. The zero-order valence-corrected chi connectivity index (χ0v) is 18.8. The second-order valence-corrected chi connectivity index (χ2v) is 8.40. The number of esters is 1. The molecule has 10 nitrogen and oxygen atoms in total. The Morgan fingerprint density at radius 2 is 1.24 bits per heavy atom. The fraction of sp³-hybridized carbons (Fsp3) is 0.778. The molecule has 0 radical (unpaired) electrons. The Labute approximate surface area is 176 Å². The Morgan fingerprint density at radius 3 is 1.55 bits per heavy atom. The summed E-state index contributed by atoms with van der Waals surface area (Å²) in [5.41, 5.74) is -1.75. The van der Waals surface area contributed by atoms with Gasteiger partial charge in [-0.25, -0.2) is 9.59 Å². The van der Waals surface area contributed by atoms with Crippen LogP contribution in [-0.2, 0) is 23.8 Å². The van der Waals surface area contributed by atoms with Crippen molar-refractivity contribution in [2.75, 3.05) is 13.1 Å². The van der Waals surface area contributed by atoms with Gasteiger partial charge < -0.3 is 30.0 Å². The molecule has 0 aromatic heterocycles. The van der Waals surface area contributed by atoms with Gasteiger partial charge in [0.05, 0.1) is 12.8 Å². The summed E-state index contributed by atoms with van der Waals surface area (Å²) in [6.07, 6.45) is -1.18. The zero-order chi connectivity index (χ0) is 23.3. The first-order valence-electron chi connectivity index (χ1n) is 9.01. The van der Waals surface area contributed by atoms with Crippen molar-refractivity contribution in [2.45, 2.75) is 78.1 Å². The number of carboxylic acids is 1. The maximum absolute atomic E-state index is 11.2. The summed E-state index contributed by atoms with van der Waals surface area (Å²) < 4.78 is 14.5. The van der Waals surface area contributed by atoms with Gasteiger partial charge in [-0.05, 0) is 48.5 Å². The molecule has 170 valence electrons. The van der Waals surface area contributed by atoms with Gasteiger partial charge in [0.15, 0.2) is 5.56 Å². The Kier molecular flexibility index (Phi) is 13.9. The molecule has 3 N–H and O–H groups in total. The van der Waals surface area contributed by atoms with E-state index in [-0.39, 0.29) is 25.9 Å². The molecule has 1 unspecified atom stereocenters. The van der Waals surface area contributed by atoms with Crippen LogP contribution in [0.1, 0.15) is 61.3 Å². The Bertz CT molecular complexity index is 539. The van der Waals surface area contributed by atoms with Crippen LogP contribution in [0.15, 0.2) is 0 Å². The first-order valence-corrected chi connectivity index (χ1v) is 9.44. The van der Waals surface area contributed by atoms with Crippen LogP contribution in [0.25, 0.3) is 0 Å². The molecule has 29 heavy (non-hydrogen) atoms. The Morgan fingerprint density at radius 1 is 0.862 bits per heavy atom. The summed E-state index contributed by atoms with van der Waals surface area (Å²) in [5.74, 6) is -1.41. The van der Waals surface area contributed by atoms with Crippen molar-refractivity contribution in [2.24, 2.45) is 0 Å². The number of carbonyl (C=O) groups excluding carboxylic acids is 3. The van der Waals surface area contributed by atoms with Crippen LogP contribution in [0.4, 0.5) is 9.59 Å². The maximum atomic E-state index is 11.2. The van der Waals surface area contributed by atoms with Crippen LogP contribution in [0.3, 0.4) is 0 Å². The summed E-state index contributed by atoms with van der Waals surface area (Å²) in [7, 11) is 0. The molecule has 0 rings (SSSR count). The standard InChI is InChI=1S/C10H18ClNO4.C8H15NO4/c1-7(11)15-8(13)5-6-12-9(14)16-10(2,3)4;1-8(2,3)13-7(12)9-5-4-6(10)11/h7H,5-6H2,1-4H3,(H,12,14);4-5H2,1-3H3,(H,9,12)(H,10,11). The third kappa shape index (κ3) is 25.8. The molecule has 0 aromatic carbocycles. The molecule has 0 spiro atoms. The first kappa shape index (κ1) is 29.0. The van der Waals surface area contributed by atoms with E-state index in [1.54, 1.807) is 48.5 Å². The first-order chi connectivity index (χ1) is 13.0. The number of amides is 2. The molecule has 0 saturated heterocycles. The zero-order valence-electron chi connectivity index (χ0n) is 18.1. The highest BCUT2D eigenvalue weighted by Gasteiger charge is 2.16. The number of rotatable bonds is 7. The normalized spacial score (nSPS) is 11.9. The highest BCUT2D eigenvalue weighted by molar-refractivity contribution is 6.19. The lowest BCUT2D eigenvalue weighted by Gasteiger charge is -2.19. The molecule has 0 heterocycles. The number of ether oxygens (including phenoxy) is 3. The van der Waals surface area contributed by atoms with E-state index >= 15 is 0 Å². The molecular formula is C18H33ClN2O8. The predicted molar refractivity (Wildman–Crippen MR) is 107 cm³/mol. The quantitative estimate of drug-likeness (QED) is 0.311. The van der Waals surface area contributed by atoms with E-state index in [1.807, 2.05) is 0 Å². The lowest BCUT2D eigenvalue weighted by atomic mass is 10.2. The van der Waals surface area contributed by atoms with E-state index in [0.29, 0.717) is 0 Å². The van der Waals surface area contributed by atoms with Gasteiger partial charge in [0, 0.05) is 13.1 Å². The van der Waals surface area contributed by atoms with Gasteiger partial charge in [-0.15, -0.1) is 0 Å².